The Morgan fingerprint density at radius 3 is 2.69 bits per heavy atom. The van der Waals surface area contributed by atoms with E-state index in [1.165, 1.54) is 0 Å². The molecule has 0 saturated heterocycles. The first kappa shape index (κ1) is 16.6. The van der Waals surface area contributed by atoms with Crippen LogP contribution < -0.4 is 10.1 Å². The van der Waals surface area contributed by atoms with Crippen molar-refractivity contribution in [3.63, 3.8) is 0 Å². The second-order valence-corrected chi connectivity index (χ2v) is 6.90. The Balaban J connectivity index is 1.56. The maximum Gasteiger partial charge on any atom is 0.307 e. The van der Waals surface area contributed by atoms with E-state index in [1.807, 2.05) is 36.4 Å². The number of hydrogen-bond acceptors (Lipinski definition) is 4. The highest BCUT2D eigenvalue weighted by Gasteiger charge is 2.51. The molecular formula is C20H20N2O4. The molecule has 1 fully saturated rings. The molecule has 0 radical (unpaired) electrons. The van der Waals surface area contributed by atoms with Crippen LogP contribution in [0.15, 0.2) is 42.5 Å². The molecule has 2 N–H and O–H groups in total. The number of rotatable bonds is 5. The lowest BCUT2D eigenvalue weighted by atomic mass is 9.82. The quantitative estimate of drug-likeness (QED) is 0.807. The van der Waals surface area contributed by atoms with Crippen molar-refractivity contribution in [2.45, 2.75) is 13.0 Å². The smallest absolute Gasteiger partial charge is 0.307 e. The van der Waals surface area contributed by atoms with Crippen LogP contribution in [-0.2, 0) is 16.1 Å². The lowest BCUT2D eigenvalue weighted by molar-refractivity contribution is -0.147. The van der Waals surface area contributed by atoms with Gasteiger partial charge in [-0.2, -0.15) is 0 Å². The number of pyridine rings is 1. The Hall–Kier alpha value is -2.89. The number of hydrogen-bond donors (Lipinski definition) is 2. The number of fused-ring (bicyclic) bond motifs is 3. The fraction of sp³-hybridized carbons (Fsp3) is 0.350. The molecule has 1 heterocycles. The molecule has 26 heavy (non-hydrogen) atoms. The van der Waals surface area contributed by atoms with Gasteiger partial charge in [0.1, 0.15) is 0 Å². The average molecular weight is 352 g/mol. The number of ether oxygens (including phenoxy) is 1. The molecule has 2 aromatic rings. The molecule has 1 amide bonds. The number of carboxylic acid groups (broad SMARTS) is 1. The Morgan fingerprint density at radius 2 is 1.96 bits per heavy atom. The zero-order chi connectivity index (χ0) is 18.3. The van der Waals surface area contributed by atoms with E-state index in [-0.39, 0.29) is 17.7 Å². The van der Waals surface area contributed by atoms with Crippen LogP contribution in [-0.4, -0.2) is 29.1 Å². The van der Waals surface area contributed by atoms with Gasteiger partial charge in [-0.05, 0) is 29.9 Å². The monoisotopic (exact) mass is 352 g/mol. The number of amides is 1. The maximum atomic E-state index is 12.8. The highest BCUT2D eigenvalue weighted by atomic mass is 16.5. The van der Waals surface area contributed by atoms with E-state index in [2.05, 4.69) is 10.3 Å². The topological polar surface area (TPSA) is 88.5 Å². The number of nitrogens with zero attached hydrogens (tertiary/aromatic N) is 1. The minimum Gasteiger partial charge on any atom is -0.481 e. The summed E-state index contributed by atoms with van der Waals surface area (Å²) in [5.41, 5.74) is 1.69. The summed E-state index contributed by atoms with van der Waals surface area (Å²) < 4.78 is 5.25. The zero-order valence-corrected chi connectivity index (χ0v) is 14.4. The molecule has 2 aliphatic rings. The molecule has 4 rings (SSSR count). The molecule has 4 atom stereocenters. The number of methoxy groups -OCH3 is 1. The van der Waals surface area contributed by atoms with Gasteiger partial charge >= 0.3 is 5.97 Å². The summed E-state index contributed by atoms with van der Waals surface area (Å²) in [6.45, 7) is 0.308. The lowest BCUT2D eigenvalue weighted by Gasteiger charge is -2.24. The third-order valence-electron chi connectivity index (χ3n) is 5.49. The van der Waals surface area contributed by atoms with Crippen molar-refractivity contribution in [2.24, 2.45) is 23.7 Å². The summed E-state index contributed by atoms with van der Waals surface area (Å²) in [6, 6.07) is 9.46. The highest BCUT2D eigenvalue weighted by molar-refractivity contribution is 5.88. The van der Waals surface area contributed by atoms with E-state index >= 15 is 0 Å². The molecule has 134 valence electrons. The fourth-order valence-electron chi connectivity index (χ4n) is 4.29. The van der Waals surface area contributed by atoms with Gasteiger partial charge in [-0.15, -0.1) is 0 Å². The SMILES string of the molecule is COc1cc(CNC(=O)[C@H]2[C@H](C(=O)O)[C@H]3C=C[C@H]2C3)c2ccccc2n1. The number of nitrogens with one attached hydrogen (secondary N) is 1. The third-order valence-corrected chi connectivity index (χ3v) is 5.49. The molecule has 2 aliphatic carbocycles. The summed E-state index contributed by atoms with van der Waals surface area (Å²) in [5.74, 6) is -1.75. The van der Waals surface area contributed by atoms with Crippen LogP contribution in [0.4, 0.5) is 0 Å². The predicted molar refractivity (Wildman–Crippen MR) is 95.5 cm³/mol. The normalized spacial score (nSPS) is 26.2. The standard InChI is InChI=1S/C20H20N2O4/c1-26-16-9-13(14-4-2-3-5-15(14)22-16)10-21-19(23)17-11-6-7-12(8-11)18(17)20(24)25/h2-7,9,11-12,17-18H,8,10H2,1H3,(H,21,23)(H,24,25)/t11-,12-,17+,18+/m0/s1. The Kier molecular flexibility index (Phi) is 4.11. The van der Waals surface area contributed by atoms with Gasteiger partial charge in [0.05, 0.1) is 24.5 Å². The van der Waals surface area contributed by atoms with Gasteiger partial charge in [0.2, 0.25) is 11.8 Å². The number of benzene rings is 1. The van der Waals surface area contributed by atoms with Crippen LogP contribution in [0.3, 0.4) is 0 Å². The molecule has 6 nitrogen and oxygen atoms in total. The predicted octanol–water partition coefficient (Wildman–Crippen LogP) is 2.38. The molecule has 1 saturated carbocycles. The largest absolute Gasteiger partial charge is 0.481 e. The van der Waals surface area contributed by atoms with E-state index in [0.29, 0.717) is 12.4 Å². The van der Waals surface area contributed by atoms with Crippen LogP contribution in [0.1, 0.15) is 12.0 Å². The number of aliphatic carboxylic acids is 1. The Bertz CT molecular complexity index is 908. The lowest BCUT2D eigenvalue weighted by Crippen LogP contribution is -2.39. The van der Waals surface area contributed by atoms with Crippen LogP contribution in [0.25, 0.3) is 10.9 Å². The first-order valence-electron chi connectivity index (χ1n) is 8.70. The second-order valence-electron chi connectivity index (χ2n) is 6.90. The van der Waals surface area contributed by atoms with Crippen molar-refractivity contribution in [3.8, 4) is 5.88 Å². The third kappa shape index (κ3) is 2.71. The molecular weight excluding hydrogens is 332 g/mol. The van der Waals surface area contributed by atoms with Gasteiger partial charge in [0.15, 0.2) is 0 Å². The molecule has 0 aliphatic heterocycles. The summed E-state index contributed by atoms with van der Waals surface area (Å²) in [5, 5.41) is 13.4. The number of allylic oxidation sites excluding steroid dienone is 2. The maximum absolute atomic E-state index is 12.8. The van der Waals surface area contributed by atoms with Gasteiger partial charge in [-0.25, -0.2) is 4.98 Å². The first-order chi connectivity index (χ1) is 12.6. The molecule has 0 spiro atoms. The minimum absolute atomic E-state index is 0.0184. The zero-order valence-electron chi connectivity index (χ0n) is 14.4. The van der Waals surface area contributed by atoms with E-state index in [1.54, 1.807) is 13.2 Å². The Morgan fingerprint density at radius 1 is 1.23 bits per heavy atom. The average Bonchev–Trinajstić information content (AvgIpc) is 3.27. The van der Waals surface area contributed by atoms with E-state index < -0.39 is 17.8 Å². The molecule has 1 aromatic heterocycles. The highest BCUT2D eigenvalue weighted by Crippen LogP contribution is 2.48. The van der Waals surface area contributed by atoms with E-state index in [4.69, 9.17) is 4.74 Å². The summed E-state index contributed by atoms with van der Waals surface area (Å²) in [6.07, 6.45) is 4.68. The second kappa shape index (κ2) is 6.44. The Labute approximate surface area is 150 Å². The molecule has 1 aromatic carbocycles. The number of para-hydroxylation sites is 1. The summed E-state index contributed by atoms with van der Waals surface area (Å²) in [4.78, 5) is 28.8. The van der Waals surface area contributed by atoms with Crippen molar-refractivity contribution < 1.29 is 19.4 Å². The van der Waals surface area contributed by atoms with Crippen LogP contribution in [0.5, 0.6) is 5.88 Å². The summed E-state index contributed by atoms with van der Waals surface area (Å²) >= 11 is 0. The number of carbonyl (C=O) groups excluding carboxylic acids is 1. The van der Waals surface area contributed by atoms with Crippen molar-refractivity contribution in [2.75, 3.05) is 7.11 Å². The molecule has 0 unspecified atom stereocenters. The molecule has 2 bridgehead atoms. The fourth-order valence-corrected chi connectivity index (χ4v) is 4.29. The van der Waals surface area contributed by atoms with E-state index in [9.17, 15) is 14.7 Å². The number of aromatic nitrogens is 1. The van der Waals surface area contributed by atoms with Gasteiger partial charge in [0, 0.05) is 18.0 Å². The van der Waals surface area contributed by atoms with Crippen molar-refractivity contribution >= 4 is 22.8 Å². The van der Waals surface area contributed by atoms with Crippen LogP contribution in [0.2, 0.25) is 0 Å². The van der Waals surface area contributed by atoms with Crippen molar-refractivity contribution in [1.82, 2.24) is 10.3 Å². The minimum atomic E-state index is -0.891. The molecule has 6 heteroatoms. The van der Waals surface area contributed by atoms with Gasteiger partial charge in [-0.3, -0.25) is 9.59 Å². The van der Waals surface area contributed by atoms with Gasteiger partial charge < -0.3 is 15.2 Å². The van der Waals surface area contributed by atoms with Crippen LogP contribution >= 0.6 is 0 Å². The first-order valence-corrected chi connectivity index (χ1v) is 8.70. The number of carboxylic acids is 1. The number of carbonyl (C=O) groups is 2. The van der Waals surface area contributed by atoms with E-state index in [0.717, 1.165) is 22.9 Å². The van der Waals surface area contributed by atoms with Crippen LogP contribution in [0, 0.1) is 23.7 Å². The van der Waals surface area contributed by atoms with Crippen molar-refractivity contribution in [3.05, 3.63) is 48.0 Å². The summed E-state index contributed by atoms with van der Waals surface area (Å²) in [7, 11) is 1.55. The van der Waals surface area contributed by atoms with Gasteiger partial charge in [-0.1, -0.05) is 30.4 Å². The van der Waals surface area contributed by atoms with Crippen molar-refractivity contribution in [1.29, 1.82) is 0 Å². The van der Waals surface area contributed by atoms with Gasteiger partial charge in [0.25, 0.3) is 0 Å².